The molecular formula is C20H25IN6S. The Hall–Kier alpha value is -2.07. The quantitative estimate of drug-likeness (QED) is 0.220. The van der Waals surface area contributed by atoms with Crippen LogP contribution in [-0.2, 0) is 6.54 Å². The van der Waals surface area contributed by atoms with Crippen LogP contribution in [0.4, 0.5) is 0 Å². The molecule has 8 heteroatoms. The van der Waals surface area contributed by atoms with Crippen LogP contribution >= 0.6 is 35.7 Å². The molecule has 1 atom stereocenters. The molecule has 0 bridgehead atoms. The number of benzene rings is 2. The summed E-state index contributed by atoms with van der Waals surface area (Å²) in [4.78, 5) is 5.57. The Morgan fingerprint density at radius 1 is 1.07 bits per heavy atom. The smallest absolute Gasteiger partial charge is 0.191 e. The van der Waals surface area contributed by atoms with Crippen LogP contribution in [0.1, 0.15) is 12.7 Å². The van der Waals surface area contributed by atoms with Crippen molar-refractivity contribution >= 4 is 41.7 Å². The zero-order valence-electron chi connectivity index (χ0n) is 15.9. The third kappa shape index (κ3) is 6.52. The Morgan fingerprint density at radius 3 is 2.43 bits per heavy atom. The maximum Gasteiger partial charge on any atom is 0.191 e. The van der Waals surface area contributed by atoms with E-state index in [0.29, 0.717) is 11.8 Å². The topological polar surface area (TPSA) is 67.1 Å². The van der Waals surface area contributed by atoms with Gasteiger partial charge in [0.2, 0.25) is 0 Å². The van der Waals surface area contributed by atoms with E-state index < -0.39 is 0 Å². The Kier molecular flexibility index (Phi) is 9.29. The first kappa shape index (κ1) is 22.2. The number of nitrogens with one attached hydrogen (secondary N) is 2. The minimum absolute atomic E-state index is 0. The van der Waals surface area contributed by atoms with Gasteiger partial charge in [-0.1, -0.05) is 43.3 Å². The molecule has 1 unspecified atom stereocenters. The SMILES string of the molecule is CN=C(NCc1nncn1-c1ccccc1)NCC(C)Sc1ccccc1.I. The van der Waals surface area contributed by atoms with E-state index >= 15 is 0 Å². The van der Waals surface area contributed by atoms with Crippen molar-refractivity contribution in [1.29, 1.82) is 0 Å². The zero-order valence-corrected chi connectivity index (χ0v) is 19.1. The molecular weight excluding hydrogens is 483 g/mol. The van der Waals surface area contributed by atoms with Gasteiger partial charge in [-0.05, 0) is 24.3 Å². The molecule has 1 heterocycles. The fourth-order valence-corrected chi connectivity index (χ4v) is 3.53. The summed E-state index contributed by atoms with van der Waals surface area (Å²) in [7, 11) is 1.77. The number of hydrogen-bond donors (Lipinski definition) is 2. The van der Waals surface area contributed by atoms with E-state index in [1.165, 1.54) is 4.90 Å². The standard InChI is InChI=1S/C20H24N6S.HI/c1-16(27-18-11-7-4-8-12-18)13-22-20(21-2)23-14-19-25-24-15-26(19)17-9-5-3-6-10-17;/h3-12,15-16H,13-14H2,1-2H3,(H2,21,22,23);1H. The van der Waals surface area contributed by atoms with Gasteiger partial charge in [-0.25, -0.2) is 0 Å². The van der Waals surface area contributed by atoms with Crippen molar-refractivity contribution in [3.05, 3.63) is 72.8 Å². The number of para-hydroxylation sites is 1. The molecule has 0 radical (unpaired) electrons. The number of halogens is 1. The minimum Gasteiger partial charge on any atom is -0.355 e. The fraction of sp³-hybridized carbons (Fsp3) is 0.250. The van der Waals surface area contributed by atoms with Crippen LogP contribution in [0.3, 0.4) is 0 Å². The minimum atomic E-state index is 0. The van der Waals surface area contributed by atoms with Gasteiger partial charge < -0.3 is 10.6 Å². The number of nitrogens with zero attached hydrogens (tertiary/aromatic N) is 4. The van der Waals surface area contributed by atoms with Crippen LogP contribution in [0.2, 0.25) is 0 Å². The highest BCUT2D eigenvalue weighted by molar-refractivity contribution is 14.0. The van der Waals surface area contributed by atoms with Gasteiger partial charge in [0, 0.05) is 29.4 Å². The Morgan fingerprint density at radius 2 is 1.75 bits per heavy atom. The summed E-state index contributed by atoms with van der Waals surface area (Å²) < 4.78 is 1.97. The van der Waals surface area contributed by atoms with Gasteiger partial charge in [0.05, 0.1) is 6.54 Å². The molecule has 2 aromatic carbocycles. The second kappa shape index (κ2) is 11.7. The highest BCUT2D eigenvalue weighted by Gasteiger charge is 2.09. The van der Waals surface area contributed by atoms with Crippen molar-refractivity contribution in [2.75, 3.05) is 13.6 Å². The molecule has 0 amide bonds. The van der Waals surface area contributed by atoms with Gasteiger partial charge in [-0.15, -0.1) is 45.9 Å². The summed E-state index contributed by atoms with van der Waals surface area (Å²) in [5.41, 5.74) is 1.04. The van der Waals surface area contributed by atoms with Crippen molar-refractivity contribution < 1.29 is 0 Å². The number of rotatable bonds is 7. The van der Waals surface area contributed by atoms with E-state index in [2.05, 4.69) is 57.0 Å². The molecule has 0 aliphatic rings. The van der Waals surface area contributed by atoms with Gasteiger partial charge in [0.1, 0.15) is 6.33 Å². The Labute approximate surface area is 187 Å². The van der Waals surface area contributed by atoms with E-state index in [4.69, 9.17) is 0 Å². The number of guanidine groups is 1. The summed E-state index contributed by atoms with van der Waals surface area (Å²) >= 11 is 1.84. The van der Waals surface area contributed by atoms with Crippen molar-refractivity contribution in [1.82, 2.24) is 25.4 Å². The van der Waals surface area contributed by atoms with Gasteiger partial charge in [0.15, 0.2) is 11.8 Å². The maximum atomic E-state index is 4.30. The molecule has 0 aliphatic heterocycles. The summed E-state index contributed by atoms with van der Waals surface area (Å²) in [5, 5.41) is 15.3. The molecule has 0 spiro atoms. The molecule has 28 heavy (non-hydrogen) atoms. The monoisotopic (exact) mass is 508 g/mol. The highest BCUT2D eigenvalue weighted by Crippen LogP contribution is 2.21. The van der Waals surface area contributed by atoms with Gasteiger partial charge >= 0.3 is 0 Å². The van der Waals surface area contributed by atoms with E-state index in [0.717, 1.165) is 24.0 Å². The second-order valence-corrected chi connectivity index (χ2v) is 7.51. The lowest BCUT2D eigenvalue weighted by Crippen LogP contribution is -2.40. The van der Waals surface area contributed by atoms with Crippen molar-refractivity contribution in [2.45, 2.75) is 23.6 Å². The molecule has 3 rings (SSSR count). The second-order valence-electron chi connectivity index (χ2n) is 6.00. The first-order chi connectivity index (χ1) is 13.3. The molecule has 2 N–H and O–H groups in total. The summed E-state index contributed by atoms with van der Waals surface area (Å²) in [6, 6.07) is 20.5. The van der Waals surface area contributed by atoms with Crippen molar-refractivity contribution in [3.63, 3.8) is 0 Å². The number of thioether (sulfide) groups is 1. The van der Waals surface area contributed by atoms with E-state index in [1.54, 1.807) is 13.4 Å². The first-order valence-corrected chi connectivity index (χ1v) is 9.75. The summed E-state index contributed by atoms with van der Waals surface area (Å²) in [6.45, 7) is 3.55. The van der Waals surface area contributed by atoms with E-state index in [9.17, 15) is 0 Å². The van der Waals surface area contributed by atoms with Crippen molar-refractivity contribution in [2.24, 2.45) is 4.99 Å². The van der Waals surface area contributed by atoms with E-state index in [1.807, 2.05) is 52.7 Å². The van der Waals surface area contributed by atoms with Gasteiger partial charge in [-0.3, -0.25) is 9.56 Å². The third-order valence-electron chi connectivity index (χ3n) is 3.93. The molecule has 0 aliphatic carbocycles. The molecule has 0 saturated carbocycles. The predicted octanol–water partition coefficient (Wildman–Crippen LogP) is 3.73. The largest absolute Gasteiger partial charge is 0.355 e. The third-order valence-corrected chi connectivity index (χ3v) is 5.04. The normalized spacial score (nSPS) is 12.1. The number of aromatic nitrogens is 3. The Bertz CT molecular complexity index is 853. The average molecular weight is 508 g/mol. The van der Waals surface area contributed by atoms with Crippen LogP contribution < -0.4 is 10.6 Å². The average Bonchev–Trinajstić information content (AvgIpc) is 3.18. The number of hydrogen-bond acceptors (Lipinski definition) is 4. The zero-order chi connectivity index (χ0) is 18.9. The molecule has 6 nitrogen and oxygen atoms in total. The summed E-state index contributed by atoms with van der Waals surface area (Å²) in [6.07, 6.45) is 1.72. The van der Waals surface area contributed by atoms with Crippen LogP contribution in [0.25, 0.3) is 5.69 Å². The fourth-order valence-electron chi connectivity index (χ4n) is 2.58. The van der Waals surface area contributed by atoms with E-state index in [-0.39, 0.29) is 24.0 Å². The lowest BCUT2D eigenvalue weighted by atomic mass is 10.3. The summed E-state index contributed by atoms with van der Waals surface area (Å²) in [5.74, 6) is 1.58. The molecule has 0 saturated heterocycles. The van der Waals surface area contributed by atoms with Crippen LogP contribution in [0.15, 0.2) is 76.9 Å². The Balaban J connectivity index is 0.00000280. The van der Waals surface area contributed by atoms with Crippen molar-refractivity contribution in [3.8, 4) is 5.69 Å². The van der Waals surface area contributed by atoms with Crippen LogP contribution in [0.5, 0.6) is 0 Å². The lowest BCUT2D eigenvalue weighted by Gasteiger charge is -2.16. The lowest BCUT2D eigenvalue weighted by molar-refractivity contribution is 0.748. The van der Waals surface area contributed by atoms with Crippen LogP contribution in [-0.4, -0.2) is 39.6 Å². The van der Waals surface area contributed by atoms with Crippen LogP contribution in [0, 0.1) is 0 Å². The van der Waals surface area contributed by atoms with Gasteiger partial charge in [-0.2, -0.15) is 0 Å². The van der Waals surface area contributed by atoms with Gasteiger partial charge in [0.25, 0.3) is 0 Å². The number of aliphatic imine (C=N–C) groups is 1. The maximum absolute atomic E-state index is 4.30. The molecule has 1 aromatic heterocycles. The first-order valence-electron chi connectivity index (χ1n) is 8.87. The predicted molar refractivity (Wildman–Crippen MR) is 127 cm³/mol. The molecule has 0 fully saturated rings. The molecule has 3 aromatic rings. The highest BCUT2D eigenvalue weighted by atomic mass is 127. The molecule has 148 valence electrons.